The van der Waals surface area contributed by atoms with Crippen molar-refractivity contribution in [3.63, 3.8) is 0 Å². The second-order valence-electron chi connectivity index (χ2n) is 7.46. The van der Waals surface area contributed by atoms with Gasteiger partial charge in [0.1, 0.15) is 22.9 Å². The predicted molar refractivity (Wildman–Crippen MR) is 132 cm³/mol. The average Bonchev–Trinajstić information content (AvgIpc) is 3.16. The van der Waals surface area contributed by atoms with E-state index in [2.05, 4.69) is 15.6 Å². The summed E-state index contributed by atoms with van der Waals surface area (Å²) < 4.78 is 11.1. The van der Waals surface area contributed by atoms with Gasteiger partial charge in [-0.15, -0.1) is 24.0 Å². The normalized spacial score (nSPS) is 13.0. The Balaban J connectivity index is 0.00000480. The molecule has 0 fully saturated rings. The fraction of sp³-hybridized carbons (Fsp3) is 0.455. The number of hydrogen-bond acceptors (Lipinski definition) is 5. The number of nitrogens with one attached hydrogen (secondary N) is 2. The van der Waals surface area contributed by atoms with Gasteiger partial charge in [0, 0.05) is 20.6 Å². The number of likely N-dealkylation sites (N-methyl/N-ethyl adjacent to an activating group) is 1. The zero-order chi connectivity index (χ0) is 22.1. The van der Waals surface area contributed by atoms with Crippen molar-refractivity contribution in [3.05, 3.63) is 53.5 Å². The van der Waals surface area contributed by atoms with Crippen molar-refractivity contribution in [1.82, 2.24) is 15.5 Å². The average molecular weight is 544 g/mol. The lowest BCUT2D eigenvalue weighted by molar-refractivity contribution is -0.130. The summed E-state index contributed by atoms with van der Waals surface area (Å²) in [4.78, 5) is 17.7. The van der Waals surface area contributed by atoms with Crippen LogP contribution >= 0.6 is 24.0 Å². The second-order valence-corrected chi connectivity index (χ2v) is 7.46. The largest absolute Gasteiger partial charge is 0.484 e. The molecule has 0 radical (unpaired) electrons. The molecule has 0 spiro atoms. The number of furan rings is 1. The Labute approximate surface area is 201 Å². The molecule has 0 saturated carbocycles. The maximum absolute atomic E-state index is 11.7. The number of amides is 1. The Morgan fingerprint density at radius 2 is 2.00 bits per heavy atom. The van der Waals surface area contributed by atoms with Crippen molar-refractivity contribution in [2.75, 3.05) is 33.8 Å². The Kier molecular flexibility index (Phi) is 10.8. The van der Waals surface area contributed by atoms with E-state index in [0.717, 1.165) is 11.3 Å². The van der Waals surface area contributed by atoms with Crippen LogP contribution in [0.25, 0.3) is 0 Å². The second kappa shape index (κ2) is 12.6. The maximum atomic E-state index is 11.7. The van der Waals surface area contributed by atoms with Gasteiger partial charge in [0.25, 0.3) is 5.91 Å². The van der Waals surface area contributed by atoms with E-state index in [9.17, 15) is 9.90 Å². The van der Waals surface area contributed by atoms with Crippen LogP contribution in [0.5, 0.6) is 5.75 Å². The number of ether oxygens (including phenoxy) is 1. The lowest BCUT2D eigenvalue weighted by Crippen LogP contribution is -2.44. The first-order valence-electron chi connectivity index (χ1n) is 9.94. The zero-order valence-corrected chi connectivity index (χ0v) is 21.1. The van der Waals surface area contributed by atoms with E-state index in [4.69, 9.17) is 9.15 Å². The SMILES string of the molecule is CCNC(=NCc1cccc(OCC(=O)N(C)C)c1)NCC(C)(O)c1ccc(C)o1.I. The molecule has 172 valence electrons. The van der Waals surface area contributed by atoms with Crippen LogP contribution in [-0.4, -0.2) is 55.7 Å². The number of aryl methyl sites for hydroxylation is 1. The van der Waals surface area contributed by atoms with E-state index in [-0.39, 0.29) is 43.0 Å². The first-order chi connectivity index (χ1) is 14.2. The van der Waals surface area contributed by atoms with Crippen molar-refractivity contribution < 1.29 is 19.1 Å². The standard InChI is InChI=1S/C22H32N4O4.HI/c1-6-23-21(25-15-22(3,28)19-11-10-16(2)30-19)24-13-17-8-7-9-18(12-17)29-14-20(27)26(4)5;/h7-12,28H,6,13-15H2,1-5H3,(H2,23,24,25);1H. The third-order valence-corrected chi connectivity index (χ3v) is 4.39. The minimum Gasteiger partial charge on any atom is -0.484 e. The number of carbonyl (C=O) groups excluding carboxylic acids is 1. The molecule has 1 amide bonds. The van der Waals surface area contributed by atoms with Gasteiger partial charge in [-0.1, -0.05) is 12.1 Å². The predicted octanol–water partition coefficient (Wildman–Crippen LogP) is 2.64. The Bertz CT molecular complexity index is 865. The quantitative estimate of drug-likeness (QED) is 0.255. The molecule has 3 N–H and O–H groups in total. The highest BCUT2D eigenvalue weighted by molar-refractivity contribution is 14.0. The molecule has 0 aliphatic carbocycles. The van der Waals surface area contributed by atoms with Crippen LogP contribution in [0.4, 0.5) is 0 Å². The number of benzene rings is 1. The Morgan fingerprint density at radius 1 is 1.26 bits per heavy atom. The highest BCUT2D eigenvalue weighted by atomic mass is 127. The molecule has 8 nitrogen and oxygen atoms in total. The fourth-order valence-electron chi connectivity index (χ4n) is 2.59. The molecule has 0 aliphatic rings. The van der Waals surface area contributed by atoms with Crippen LogP contribution in [0.15, 0.2) is 45.8 Å². The summed E-state index contributed by atoms with van der Waals surface area (Å²) in [5.41, 5.74) is -0.229. The number of nitrogens with zero attached hydrogens (tertiary/aromatic N) is 2. The van der Waals surface area contributed by atoms with Crippen LogP contribution in [0.1, 0.15) is 30.9 Å². The molecule has 0 bridgehead atoms. The molecule has 2 aromatic rings. The molecule has 2 rings (SSSR count). The van der Waals surface area contributed by atoms with Crippen LogP contribution in [-0.2, 0) is 16.9 Å². The van der Waals surface area contributed by atoms with E-state index >= 15 is 0 Å². The molecular weight excluding hydrogens is 511 g/mol. The van der Waals surface area contributed by atoms with Crippen molar-refractivity contribution in [1.29, 1.82) is 0 Å². The van der Waals surface area contributed by atoms with Gasteiger partial charge >= 0.3 is 0 Å². The molecule has 1 heterocycles. The third kappa shape index (κ3) is 8.78. The Hall–Kier alpha value is -2.27. The van der Waals surface area contributed by atoms with E-state index < -0.39 is 5.60 Å². The van der Waals surface area contributed by atoms with Crippen molar-refractivity contribution >= 4 is 35.8 Å². The number of guanidine groups is 1. The maximum Gasteiger partial charge on any atom is 0.259 e. The lowest BCUT2D eigenvalue weighted by atomic mass is 10.0. The monoisotopic (exact) mass is 544 g/mol. The molecule has 1 aromatic heterocycles. The molecular formula is C22H33IN4O4. The number of rotatable bonds is 9. The fourth-order valence-corrected chi connectivity index (χ4v) is 2.59. The van der Waals surface area contributed by atoms with Crippen LogP contribution < -0.4 is 15.4 Å². The van der Waals surface area contributed by atoms with Crippen molar-refractivity contribution in [2.45, 2.75) is 32.9 Å². The third-order valence-electron chi connectivity index (χ3n) is 4.39. The van der Waals surface area contributed by atoms with Crippen molar-refractivity contribution in [3.8, 4) is 5.75 Å². The molecule has 0 aliphatic heterocycles. The smallest absolute Gasteiger partial charge is 0.259 e. The number of aliphatic imine (C=N–C) groups is 1. The summed E-state index contributed by atoms with van der Waals surface area (Å²) >= 11 is 0. The number of carbonyl (C=O) groups is 1. The number of hydrogen-bond donors (Lipinski definition) is 3. The number of halogens is 1. The molecule has 0 saturated heterocycles. The van der Waals surface area contributed by atoms with Gasteiger partial charge in [0.2, 0.25) is 0 Å². The van der Waals surface area contributed by atoms with Gasteiger partial charge in [-0.25, -0.2) is 4.99 Å². The summed E-state index contributed by atoms with van der Waals surface area (Å²) in [6, 6.07) is 11.1. The molecule has 1 aromatic carbocycles. The van der Waals surface area contributed by atoms with E-state index in [0.29, 0.717) is 30.6 Å². The first-order valence-corrected chi connectivity index (χ1v) is 9.94. The van der Waals surface area contributed by atoms with Crippen LogP contribution in [0.2, 0.25) is 0 Å². The summed E-state index contributed by atoms with van der Waals surface area (Å²) in [7, 11) is 3.38. The Morgan fingerprint density at radius 3 is 2.61 bits per heavy atom. The van der Waals surface area contributed by atoms with Gasteiger partial charge in [-0.3, -0.25) is 4.79 Å². The zero-order valence-electron chi connectivity index (χ0n) is 18.8. The van der Waals surface area contributed by atoms with Gasteiger partial charge in [0.05, 0.1) is 13.1 Å². The highest BCUT2D eigenvalue weighted by Gasteiger charge is 2.27. The summed E-state index contributed by atoms with van der Waals surface area (Å²) in [6.45, 7) is 6.83. The summed E-state index contributed by atoms with van der Waals surface area (Å²) in [5.74, 6) is 2.35. The van der Waals surface area contributed by atoms with E-state index in [1.54, 1.807) is 27.1 Å². The van der Waals surface area contributed by atoms with Gasteiger partial charge in [-0.05, 0) is 50.6 Å². The molecule has 1 unspecified atom stereocenters. The minimum absolute atomic E-state index is 0. The van der Waals surface area contributed by atoms with Gasteiger partial charge in [0.15, 0.2) is 12.6 Å². The molecule has 31 heavy (non-hydrogen) atoms. The number of aliphatic hydroxyl groups is 1. The summed E-state index contributed by atoms with van der Waals surface area (Å²) in [5, 5.41) is 17.0. The van der Waals surface area contributed by atoms with Crippen LogP contribution in [0.3, 0.4) is 0 Å². The highest BCUT2D eigenvalue weighted by Crippen LogP contribution is 2.22. The van der Waals surface area contributed by atoms with Gasteiger partial charge in [-0.2, -0.15) is 0 Å². The van der Waals surface area contributed by atoms with E-state index in [1.807, 2.05) is 44.2 Å². The van der Waals surface area contributed by atoms with Gasteiger partial charge < -0.3 is 29.8 Å². The topological polar surface area (TPSA) is 99.3 Å². The van der Waals surface area contributed by atoms with E-state index in [1.165, 1.54) is 4.90 Å². The molecule has 1 atom stereocenters. The van der Waals surface area contributed by atoms with Crippen LogP contribution in [0, 0.1) is 6.92 Å². The van der Waals surface area contributed by atoms with Crippen molar-refractivity contribution in [2.24, 2.45) is 4.99 Å². The summed E-state index contributed by atoms with van der Waals surface area (Å²) in [6.07, 6.45) is 0. The lowest BCUT2D eigenvalue weighted by Gasteiger charge is -2.22. The minimum atomic E-state index is -1.17. The first kappa shape index (κ1) is 26.8. The molecule has 9 heteroatoms.